The zero-order valence-corrected chi connectivity index (χ0v) is 9.15. The maximum Gasteiger partial charge on any atom is 0.573 e. The number of carboxylic acids is 1. The van der Waals surface area contributed by atoms with Crippen molar-refractivity contribution in [1.82, 2.24) is 0 Å². The molecule has 100 valence electrons. The van der Waals surface area contributed by atoms with Crippen molar-refractivity contribution < 1.29 is 32.9 Å². The summed E-state index contributed by atoms with van der Waals surface area (Å²) in [7, 11) is 0. The summed E-state index contributed by atoms with van der Waals surface area (Å²) < 4.78 is 39.3. The highest BCUT2D eigenvalue weighted by atomic mass is 19.4. The standard InChI is InChI=1S/C11H11F3O4/c12-11(13,14)18-8-3-1-7(2-4-8)9(15)5-6-10(16)17/h1-4,9,15H,5-6H2,(H,16,17). The number of halogens is 3. The molecular formula is C11H11F3O4. The number of hydrogen-bond donors (Lipinski definition) is 2. The molecule has 0 aliphatic carbocycles. The van der Waals surface area contributed by atoms with Crippen LogP contribution in [0.15, 0.2) is 24.3 Å². The Bertz CT molecular complexity index is 400. The fourth-order valence-electron chi connectivity index (χ4n) is 1.32. The molecular weight excluding hydrogens is 253 g/mol. The van der Waals surface area contributed by atoms with Crippen LogP contribution >= 0.6 is 0 Å². The van der Waals surface area contributed by atoms with Crippen LogP contribution in [0.1, 0.15) is 24.5 Å². The third-order valence-electron chi connectivity index (χ3n) is 2.13. The number of aliphatic hydroxyl groups excluding tert-OH is 1. The highest BCUT2D eigenvalue weighted by Crippen LogP contribution is 2.25. The molecule has 0 spiro atoms. The number of rotatable bonds is 5. The molecule has 1 atom stereocenters. The fourth-order valence-corrected chi connectivity index (χ4v) is 1.32. The monoisotopic (exact) mass is 264 g/mol. The Kier molecular flexibility index (Phi) is 4.55. The van der Waals surface area contributed by atoms with Crippen LogP contribution in [-0.4, -0.2) is 22.5 Å². The number of aliphatic hydroxyl groups is 1. The van der Waals surface area contributed by atoms with E-state index in [2.05, 4.69) is 4.74 Å². The van der Waals surface area contributed by atoms with Gasteiger partial charge in [-0.3, -0.25) is 4.79 Å². The first kappa shape index (κ1) is 14.3. The summed E-state index contributed by atoms with van der Waals surface area (Å²) in [5.41, 5.74) is 0.339. The predicted molar refractivity (Wildman–Crippen MR) is 55.0 cm³/mol. The number of carboxylic acid groups (broad SMARTS) is 1. The maximum absolute atomic E-state index is 11.9. The van der Waals surface area contributed by atoms with Crippen LogP contribution in [0.4, 0.5) is 13.2 Å². The largest absolute Gasteiger partial charge is 0.573 e. The van der Waals surface area contributed by atoms with Crippen LogP contribution < -0.4 is 4.74 Å². The molecule has 2 N–H and O–H groups in total. The van der Waals surface area contributed by atoms with Gasteiger partial charge in [-0.25, -0.2) is 0 Å². The first-order chi connectivity index (χ1) is 8.28. The van der Waals surface area contributed by atoms with E-state index in [1.165, 1.54) is 12.1 Å². The van der Waals surface area contributed by atoms with Gasteiger partial charge >= 0.3 is 12.3 Å². The van der Waals surface area contributed by atoms with Gasteiger partial charge in [-0.05, 0) is 24.1 Å². The lowest BCUT2D eigenvalue weighted by Gasteiger charge is -2.12. The van der Waals surface area contributed by atoms with E-state index in [1.807, 2.05) is 0 Å². The van der Waals surface area contributed by atoms with E-state index >= 15 is 0 Å². The molecule has 0 fully saturated rings. The van der Waals surface area contributed by atoms with Gasteiger partial charge in [-0.2, -0.15) is 0 Å². The molecule has 0 saturated carbocycles. The molecule has 0 bridgehead atoms. The average molecular weight is 264 g/mol. The van der Waals surface area contributed by atoms with Crippen molar-refractivity contribution in [2.75, 3.05) is 0 Å². The third kappa shape index (κ3) is 5.05. The van der Waals surface area contributed by atoms with Crippen molar-refractivity contribution in [3.63, 3.8) is 0 Å². The second-order valence-electron chi connectivity index (χ2n) is 3.57. The quantitative estimate of drug-likeness (QED) is 0.857. The van der Waals surface area contributed by atoms with Gasteiger partial charge in [0, 0.05) is 6.42 Å². The Hall–Kier alpha value is -1.76. The SMILES string of the molecule is O=C(O)CCC(O)c1ccc(OC(F)(F)F)cc1. The summed E-state index contributed by atoms with van der Waals surface area (Å²) in [6.07, 6.45) is -6.01. The number of ether oxygens (including phenoxy) is 1. The van der Waals surface area contributed by atoms with Crippen LogP contribution in [0.2, 0.25) is 0 Å². The second kappa shape index (κ2) is 5.72. The number of benzene rings is 1. The van der Waals surface area contributed by atoms with E-state index in [0.717, 1.165) is 12.1 Å². The molecule has 1 aromatic rings. The molecule has 7 heteroatoms. The van der Waals surface area contributed by atoms with Crippen molar-refractivity contribution in [1.29, 1.82) is 0 Å². The van der Waals surface area contributed by atoms with Crippen molar-refractivity contribution in [3.8, 4) is 5.75 Å². The zero-order valence-electron chi connectivity index (χ0n) is 9.15. The van der Waals surface area contributed by atoms with Gasteiger partial charge in [-0.1, -0.05) is 12.1 Å². The van der Waals surface area contributed by atoms with E-state index in [-0.39, 0.29) is 12.8 Å². The minimum Gasteiger partial charge on any atom is -0.481 e. The summed E-state index contributed by atoms with van der Waals surface area (Å²) in [4.78, 5) is 10.3. The van der Waals surface area contributed by atoms with Gasteiger partial charge in [0.1, 0.15) is 5.75 Å². The molecule has 0 amide bonds. The molecule has 0 heterocycles. The van der Waals surface area contributed by atoms with Crippen molar-refractivity contribution in [2.45, 2.75) is 25.3 Å². The van der Waals surface area contributed by atoms with E-state index in [4.69, 9.17) is 5.11 Å². The van der Waals surface area contributed by atoms with Crippen LogP contribution in [0.3, 0.4) is 0 Å². The highest BCUT2D eigenvalue weighted by Gasteiger charge is 2.31. The topological polar surface area (TPSA) is 66.8 Å². The van der Waals surface area contributed by atoms with Gasteiger partial charge in [0.15, 0.2) is 0 Å². The Labute approximate surface area is 101 Å². The van der Waals surface area contributed by atoms with Gasteiger partial charge in [0.25, 0.3) is 0 Å². The highest BCUT2D eigenvalue weighted by molar-refractivity contribution is 5.66. The van der Waals surface area contributed by atoms with Gasteiger partial charge in [0.2, 0.25) is 0 Å². The number of carbonyl (C=O) groups is 1. The molecule has 0 aromatic heterocycles. The molecule has 1 aromatic carbocycles. The molecule has 0 saturated heterocycles. The number of alkyl halides is 3. The van der Waals surface area contributed by atoms with Gasteiger partial charge in [-0.15, -0.1) is 13.2 Å². The summed E-state index contributed by atoms with van der Waals surface area (Å²) in [5, 5.41) is 18.0. The third-order valence-corrected chi connectivity index (χ3v) is 2.13. The van der Waals surface area contributed by atoms with Crippen molar-refractivity contribution in [3.05, 3.63) is 29.8 Å². The lowest BCUT2D eigenvalue weighted by molar-refractivity contribution is -0.274. The van der Waals surface area contributed by atoms with Crippen LogP contribution in [0.25, 0.3) is 0 Å². The van der Waals surface area contributed by atoms with Crippen molar-refractivity contribution in [2.24, 2.45) is 0 Å². The molecule has 0 aliphatic rings. The van der Waals surface area contributed by atoms with Gasteiger partial charge in [0.05, 0.1) is 6.10 Å². The van der Waals surface area contributed by atoms with Crippen LogP contribution in [0.5, 0.6) is 5.75 Å². The fraction of sp³-hybridized carbons (Fsp3) is 0.364. The summed E-state index contributed by atoms with van der Waals surface area (Å²) in [5.74, 6) is -1.44. The zero-order chi connectivity index (χ0) is 13.8. The minimum absolute atomic E-state index is 0.00515. The normalized spacial score (nSPS) is 13.1. The average Bonchev–Trinajstić information content (AvgIpc) is 2.24. The minimum atomic E-state index is -4.76. The summed E-state index contributed by atoms with van der Waals surface area (Å²) >= 11 is 0. The van der Waals surface area contributed by atoms with E-state index in [9.17, 15) is 23.1 Å². The first-order valence-electron chi connectivity index (χ1n) is 5.03. The van der Waals surface area contributed by atoms with E-state index < -0.39 is 24.2 Å². The predicted octanol–water partition coefficient (Wildman–Crippen LogP) is 2.48. The number of hydrogen-bond acceptors (Lipinski definition) is 3. The Morgan fingerprint density at radius 3 is 2.28 bits per heavy atom. The Morgan fingerprint density at radius 2 is 1.83 bits per heavy atom. The lowest BCUT2D eigenvalue weighted by atomic mass is 10.1. The summed E-state index contributed by atoms with van der Waals surface area (Å²) in [6, 6.07) is 4.64. The summed E-state index contributed by atoms with van der Waals surface area (Å²) in [6.45, 7) is 0. The lowest BCUT2D eigenvalue weighted by Crippen LogP contribution is -2.17. The second-order valence-corrected chi connectivity index (χ2v) is 3.57. The Morgan fingerprint density at radius 1 is 1.28 bits per heavy atom. The molecule has 0 radical (unpaired) electrons. The molecule has 1 unspecified atom stereocenters. The van der Waals surface area contributed by atoms with Crippen LogP contribution in [0, 0.1) is 0 Å². The van der Waals surface area contributed by atoms with Gasteiger partial charge < -0.3 is 14.9 Å². The molecule has 0 aliphatic heterocycles. The van der Waals surface area contributed by atoms with E-state index in [0.29, 0.717) is 5.56 Å². The van der Waals surface area contributed by atoms with Crippen LogP contribution in [-0.2, 0) is 4.79 Å². The molecule has 18 heavy (non-hydrogen) atoms. The molecule has 1 rings (SSSR count). The Balaban J connectivity index is 2.62. The van der Waals surface area contributed by atoms with E-state index in [1.54, 1.807) is 0 Å². The first-order valence-corrected chi connectivity index (χ1v) is 5.03. The maximum atomic E-state index is 11.9. The smallest absolute Gasteiger partial charge is 0.481 e. The molecule has 4 nitrogen and oxygen atoms in total. The number of aliphatic carboxylic acids is 1. The van der Waals surface area contributed by atoms with Crippen molar-refractivity contribution >= 4 is 5.97 Å².